The summed E-state index contributed by atoms with van der Waals surface area (Å²) in [5.41, 5.74) is 0. The lowest BCUT2D eigenvalue weighted by molar-refractivity contribution is -0.0213. The van der Waals surface area contributed by atoms with E-state index in [2.05, 4.69) is 27.7 Å². The second kappa shape index (κ2) is 60.3. The van der Waals surface area contributed by atoms with Crippen LogP contribution in [0.15, 0.2) is 60.7 Å². The van der Waals surface area contributed by atoms with Crippen LogP contribution in [0.25, 0.3) is 0 Å². The molecule has 2 aromatic carbocycles. The Bertz CT molecular complexity index is 1190. The molecule has 0 amide bonds. The van der Waals surface area contributed by atoms with Gasteiger partial charge < -0.3 is 81.3 Å². The van der Waals surface area contributed by atoms with Gasteiger partial charge in [-0.25, -0.2) is 0 Å². The van der Waals surface area contributed by atoms with Crippen molar-refractivity contribution >= 4 is 0 Å². The maximum atomic E-state index is 5.58. The summed E-state index contributed by atoms with van der Waals surface area (Å²) in [5.74, 6) is 3.30. The molecule has 73 heavy (non-hydrogen) atoms. The van der Waals surface area contributed by atoms with E-state index in [-0.39, 0.29) is 5.48 Å². The Labute approximate surface area is 441 Å². The van der Waals surface area contributed by atoms with Gasteiger partial charge >= 0.3 is 0 Å². The van der Waals surface area contributed by atoms with Gasteiger partial charge in [0.25, 0.3) is 0 Å². The van der Waals surface area contributed by atoms with Crippen molar-refractivity contribution in [1.29, 1.82) is 0 Å². The highest BCUT2D eigenvalue weighted by atomic mass is 16.6. The van der Waals surface area contributed by atoms with Crippen LogP contribution in [0.4, 0.5) is 0 Å². The molecular weight excluding hydrogens is 945 g/mol. The minimum atomic E-state index is 0. The van der Waals surface area contributed by atoms with E-state index in [0.29, 0.717) is 185 Å². The lowest BCUT2D eigenvalue weighted by Crippen LogP contribution is -2.15. The Balaban J connectivity index is 0.00000140. The summed E-state index contributed by atoms with van der Waals surface area (Å²) in [6, 6.07) is 19.4. The molecule has 0 radical (unpaired) electrons. The van der Waals surface area contributed by atoms with Crippen LogP contribution < -0.4 is 9.47 Å². The first-order chi connectivity index (χ1) is 35.6. The molecule has 0 spiro atoms. The Morgan fingerprint density at radius 3 is 0.630 bits per heavy atom. The predicted molar refractivity (Wildman–Crippen MR) is 286 cm³/mol. The average Bonchev–Trinajstić information content (AvgIpc) is 3.38. The van der Waals surface area contributed by atoms with Crippen LogP contribution in [0.1, 0.15) is 79.1 Å². The molecule has 2 N–H and O–H groups in total. The van der Waals surface area contributed by atoms with Crippen molar-refractivity contribution in [2.24, 2.45) is 11.8 Å². The standard InChI is InChI=1S/2C28H50O8.H2O/c2*1-27(2)9-5-4-8-12-29-13-14-30-15-16-31-17-18-32-19-20-33-21-22-34-23-24-35-25-26-36-28-10-6-3-7-11-28;/h2*3,6-7,10-11,27H,4-5,8-9,12-26H2,1-2H3;1H2. The first-order valence-electron chi connectivity index (χ1n) is 27.0. The van der Waals surface area contributed by atoms with E-state index < -0.39 is 0 Å². The number of benzene rings is 2. The quantitative estimate of drug-likeness (QED) is 0.0582. The molecule has 0 atom stereocenters. The van der Waals surface area contributed by atoms with Crippen molar-refractivity contribution < 1.29 is 81.3 Å². The SMILES string of the molecule is CC(C)CCCCCOCCOCCOCCOCCOCCOCCOCCOc1ccccc1.CC(C)CCCCCOCCOCCOCCOCCOCCOCCOCCOc1ccccc1.O. The van der Waals surface area contributed by atoms with Gasteiger partial charge in [0.15, 0.2) is 0 Å². The first kappa shape index (κ1) is 70.4. The van der Waals surface area contributed by atoms with Crippen molar-refractivity contribution in [2.45, 2.75) is 79.1 Å². The molecule has 0 saturated carbocycles. The minimum Gasteiger partial charge on any atom is -0.491 e. The average molecular weight is 1050 g/mol. The third kappa shape index (κ3) is 58.6. The van der Waals surface area contributed by atoms with Crippen LogP contribution in [-0.2, 0) is 66.3 Å². The van der Waals surface area contributed by atoms with E-state index in [1.54, 1.807) is 0 Å². The van der Waals surface area contributed by atoms with Crippen molar-refractivity contribution in [1.82, 2.24) is 0 Å². The van der Waals surface area contributed by atoms with Crippen LogP contribution in [-0.4, -0.2) is 204 Å². The van der Waals surface area contributed by atoms with Gasteiger partial charge in [0.05, 0.1) is 172 Å². The third-order valence-corrected chi connectivity index (χ3v) is 10.1. The van der Waals surface area contributed by atoms with E-state index in [1.165, 1.54) is 38.5 Å². The second-order valence-corrected chi connectivity index (χ2v) is 17.4. The van der Waals surface area contributed by atoms with E-state index in [4.69, 9.17) is 75.8 Å². The summed E-state index contributed by atoms with van der Waals surface area (Å²) >= 11 is 0. The highest BCUT2D eigenvalue weighted by Gasteiger charge is 2.00. The Morgan fingerprint density at radius 2 is 0.425 bits per heavy atom. The summed E-state index contributed by atoms with van der Waals surface area (Å²) in [4.78, 5) is 0. The fourth-order valence-corrected chi connectivity index (χ4v) is 6.18. The van der Waals surface area contributed by atoms with Crippen LogP contribution in [0.3, 0.4) is 0 Å². The summed E-state index contributed by atoms with van der Waals surface area (Å²) in [6.07, 6.45) is 9.98. The molecule has 2 aromatic rings. The van der Waals surface area contributed by atoms with Gasteiger partial charge in [0.1, 0.15) is 24.7 Å². The Kier molecular flexibility index (Phi) is 58.2. The molecule has 0 unspecified atom stereocenters. The zero-order chi connectivity index (χ0) is 51.6. The minimum absolute atomic E-state index is 0. The third-order valence-electron chi connectivity index (χ3n) is 10.1. The molecule has 0 aliphatic carbocycles. The van der Waals surface area contributed by atoms with Crippen molar-refractivity contribution in [3.8, 4) is 11.5 Å². The van der Waals surface area contributed by atoms with Crippen molar-refractivity contribution in [3.63, 3.8) is 0 Å². The highest BCUT2D eigenvalue weighted by molar-refractivity contribution is 5.21. The normalized spacial score (nSPS) is 11.3. The van der Waals surface area contributed by atoms with Gasteiger partial charge in [0.2, 0.25) is 0 Å². The first-order valence-corrected chi connectivity index (χ1v) is 27.0. The Morgan fingerprint density at radius 1 is 0.233 bits per heavy atom. The van der Waals surface area contributed by atoms with E-state index in [9.17, 15) is 0 Å². The van der Waals surface area contributed by atoms with E-state index in [0.717, 1.165) is 49.4 Å². The molecule has 0 aliphatic rings. The lowest BCUT2D eigenvalue weighted by atomic mass is 10.1. The molecule has 2 rings (SSSR count). The van der Waals surface area contributed by atoms with Crippen LogP contribution in [0.5, 0.6) is 11.5 Å². The van der Waals surface area contributed by atoms with Crippen molar-refractivity contribution in [2.75, 3.05) is 198 Å². The number of hydrogen-bond acceptors (Lipinski definition) is 16. The maximum Gasteiger partial charge on any atom is 0.119 e. The van der Waals surface area contributed by atoms with Gasteiger partial charge in [0, 0.05) is 13.2 Å². The monoisotopic (exact) mass is 1050 g/mol. The van der Waals surface area contributed by atoms with Gasteiger partial charge in [-0.15, -0.1) is 0 Å². The molecule has 0 saturated heterocycles. The maximum absolute atomic E-state index is 5.58. The number of rotatable bonds is 56. The number of unbranched alkanes of at least 4 members (excludes halogenated alkanes) is 4. The molecule has 17 heteroatoms. The van der Waals surface area contributed by atoms with Crippen LogP contribution in [0, 0.1) is 11.8 Å². The zero-order valence-corrected chi connectivity index (χ0v) is 45.8. The largest absolute Gasteiger partial charge is 0.491 e. The summed E-state index contributed by atoms with van der Waals surface area (Å²) in [6.45, 7) is 26.3. The second-order valence-electron chi connectivity index (χ2n) is 17.4. The number of hydrogen-bond donors (Lipinski definition) is 0. The summed E-state index contributed by atoms with van der Waals surface area (Å²) in [7, 11) is 0. The summed E-state index contributed by atoms with van der Waals surface area (Å²) < 4.78 is 88.0. The van der Waals surface area contributed by atoms with Crippen LogP contribution in [0.2, 0.25) is 0 Å². The van der Waals surface area contributed by atoms with Gasteiger partial charge in [-0.05, 0) is 48.9 Å². The molecule has 0 aromatic heterocycles. The molecular formula is C56H102O17. The fraction of sp³-hybridized carbons (Fsp3) is 0.786. The van der Waals surface area contributed by atoms with Crippen LogP contribution >= 0.6 is 0 Å². The summed E-state index contributed by atoms with van der Waals surface area (Å²) in [5, 5.41) is 0. The zero-order valence-electron chi connectivity index (χ0n) is 45.8. The molecule has 0 heterocycles. The Hall–Kier alpha value is -2.56. The van der Waals surface area contributed by atoms with Gasteiger partial charge in [-0.1, -0.05) is 103 Å². The van der Waals surface area contributed by atoms with Gasteiger partial charge in [-0.3, -0.25) is 0 Å². The molecule has 428 valence electrons. The highest BCUT2D eigenvalue weighted by Crippen LogP contribution is 2.10. The smallest absolute Gasteiger partial charge is 0.119 e. The number of ether oxygens (including phenoxy) is 16. The van der Waals surface area contributed by atoms with Gasteiger partial charge in [-0.2, -0.15) is 0 Å². The molecule has 17 nitrogen and oxygen atoms in total. The van der Waals surface area contributed by atoms with Crippen molar-refractivity contribution in [3.05, 3.63) is 60.7 Å². The van der Waals surface area contributed by atoms with E-state index >= 15 is 0 Å². The molecule has 0 bridgehead atoms. The lowest BCUT2D eigenvalue weighted by Gasteiger charge is -2.09. The predicted octanol–water partition coefficient (Wildman–Crippen LogP) is 7.97. The topological polar surface area (TPSA) is 179 Å². The fourth-order valence-electron chi connectivity index (χ4n) is 6.18. The molecule has 0 fully saturated rings. The molecule has 0 aliphatic heterocycles. The number of para-hydroxylation sites is 2. The van der Waals surface area contributed by atoms with E-state index in [1.807, 2.05) is 60.7 Å².